The Bertz CT molecular complexity index is 230. The van der Waals surface area contributed by atoms with Crippen molar-refractivity contribution in [2.24, 2.45) is 0 Å². The van der Waals surface area contributed by atoms with Crippen molar-refractivity contribution in [2.75, 3.05) is 12.8 Å². The fraction of sp³-hybridized carbons (Fsp3) is 0.900. The number of hydrogen-bond donors (Lipinski definition) is 1. The van der Waals surface area contributed by atoms with Crippen molar-refractivity contribution in [2.45, 2.75) is 44.0 Å². The molecule has 1 aliphatic heterocycles. The van der Waals surface area contributed by atoms with E-state index in [4.69, 9.17) is 5.11 Å². The summed E-state index contributed by atoms with van der Waals surface area (Å²) in [6, 6.07) is 0.395. The van der Waals surface area contributed by atoms with Crippen LogP contribution in [0.2, 0.25) is 0 Å². The van der Waals surface area contributed by atoms with E-state index in [1.54, 1.807) is 13.8 Å². The van der Waals surface area contributed by atoms with Gasteiger partial charge in [-0.25, -0.2) is 0 Å². The molecule has 0 aromatic rings. The van der Waals surface area contributed by atoms with Crippen molar-refractivity contribution < 1.29 is 9.90 Å². The summed E-state index contributed by atoms with van der Waals surface area (Å²) in [7, 11) is 1.92. The molecule has 0 spiro atoms. The van der Waals surface area contributed by atoms with Gasteiger partial charge in [0.25, 0.3) is 0 Å². The van der Waals surface area contributed by atoms with Crippen LogP contribution in [0.1, 0.15) is 27.2 Å². The van der Waals surface area contributed by atoms with Crippen molar-refractivity contribution in [3.05, 3.63) is 0 Å². The van der Waals surface area contributed by atoms with Crippen molar-refractivity contribution in [3.63, 3.8) is 0 Å². The summed E-state index contributed by atoms with van der Waals surface area (Å²) in [4.78, 5) is 13.1. The first-order chi connectivity index (χ1) is 6.37. The minimum absolute atomic E-state index is 0.395. The molecule has 1 aliphatic rings. The van der Waals surface area contributed by atoms with E-state index >= 15 is 0 Å². The molecule has 0 aromatic heterocycles. The van der Waals surface area contributed by atoms with E-state index < -0.39 is 11.5 Å². The summed E-state index contributed by atoms with van der Waals surface area (Å²) in [5.41, 5.74) is -0.760. The van der Waals surface area contributed by atoms with Crippen LogP contribution in [0.5, 0.6) is 0 Å². The summed E-state index contributed by atoms with van der Waals surface area (Å²) >= 11 is 1.93. The molecule has 0 amide bonds. The van der Waals surface area contributed by atoms with Crippen LogP contribution in [0.4, 0.5) is 0 Å². The van der Waals surface area contributed by atoms with Gasteiger partial charge in [-0.15, -0.1) is 0 Å². The Hall–Kier alpha value is -0.220. The normalized spacial score (nSPS) is 28.4. The zero-order valence-corrected chi connectivity index (χ0v) is 10.1. The maximum atomic E-state index is 11.1. The first kappa shape index (κ1) is 11.9. The fourth-order valence-corrected chi connectivity index (χ4v) is 3.08. The van der Waals surface area contributed by atoms with E-state index in [0.29, 0.717) is 11.3 Å². The highest BCUT2D eigenvalue weighted by atomic mass is 32.2. The van der Waals surface area contributed by atoms with Gasteiger partial charge >= 0.3 is 5.97 Å². The molecule has 1 heterocycles. The van der Waals surface area contributed by atoms with E-state index in [9.17, 15) is 4.79 Å². The number of carboxylic acid groups (broad SMARTS) is 1. The number of nitrogens with zero attached hydrogens (tertiary/aromatic N) is 1. The van der Waals surface area contributed by atoms with E-state index in [1.807, 2.05) is 23.7 Å². The molecule has 3 nitrogen and oxygen atoms in total. The van der Waals surface area contributed by atoms with Crippen molar-refractivity contribution >= 4 is 17.7 Å². The third-order valence-electron chi connectivity index (χ3n) is 3.24. The summed E-state index contributed by atoms with van der Waals surface area (Å²) in [5, 5.41) is 9.65. The van der Waals surface area contributed by atoms with Crippen LogP contribution in [-0.4, -0.2) is 45.6 Å². The van der Waals surface area contributed by atoms with Crippen molar-refractivity contribution in [3.8, 4) is 0 Å². The third kappa shape index (κ3) is 2.06. The zero-order chi connectivity index (χ0) is 10.9. The highest BCUT2D eigenvalue weighted by Crippen LogP contribution is 2.32. The van der Waals surface area contributed by atoms with Crippen LogP contribution in [0.25, 0.3) is 0 Å². The molecular weight excluding hydrogens is 198 g/mol. The summed E-state index contributed by atoms with van der Waals surface area (Å²) in [6.45, 7) is 5.72. The lowest BCUT2D eigenvalue weighted by Gasteiger charge is -2.37. The van der Waals surface area contributed by atoms with Crippen LogP contribution in [0, 0.1) is 0 Å². The Morgan fingerprint density at radius 1 is 1.57 bits per heavy atom. The van der Waals surface area contributed by atoms with E-state index in [-0.39, 0.29) is 0 Å². The van der Waals surface area contributed by atoms with Crippen LogP contribution in [0.15, 0.2) is 0 Å². The molecule has 1 N–H and O–H groups in total. The van der Waals surface area contributed by atoms with Gasteiger partial charge in [-0.1, -0.05) is 6.92 Å². The SMILES string of the molecule is CC1SCCC1N(C)C(C)(C)C(=O)O. The lowest BCUT2D eigenvalue weighted by molar-refractivity contribution is -0.149. The molecule has 2 atom stereocenters. The molecule has 0 aliphatic carbocycles. The monoisotopic (exact) mass is 217 g/mol. The van der Waals surface area contributed by atoms with Gasteiger partial charge in [0.05, 0.1) is 0 Å². The summed E-state index contributed by atoms with van der Waals surface area (Å²) in [5.74, 6) is 0.399. The smallest absolute Gasteiger partial charge is 0.323 e. The van der Waals surface area contributed by atoms with Crippen molar-refractivity contribution in [1.82, 2.24) is 4.90 Å². The maximum Gasteiger partial charge on any atom is 0.323 e. The molecule has 1 saturated heterocycles. The first-order valence-electron chi connectivity index (χ1n) is 4.95. The largest absolute Gasteiger partial charge is 0.480 e. The molecule has 2 unspecified atom stereocenters. The Morgan fingerprint density at radius 2 is 2.14 bits per heavy atom. The summed E-state index contributed by atoms with van der Waals surface area (Å²) in [6.07, 6.45) is 1.10. The van der Waals surface area contributed by atoms with Crippen molar-refractivity contribution in [1.29, 1.82) is 0 Å². The third-order valence-corrected chi connectivity index (χ3v) is 4.55. The standard InChI is InChI=1S/C10H19NO2S/c1-7-8(5-6-14-7)11(4)10(2,3)9(12)13/h7-8H,5-6H2,1-4H3,(H,12,13). The molecule has 0 bridgehead atoms. The zero-order valence-electron chi connectivity index (χ0n) is 9.28. The Balaban J connectivity index is 2.73. The van der Waals surface area contributed by atoms with Gasteiger partial charge in [-0.2, -0.15) is 11.8 Å². The van der Waals surface area contributed by atoms with Crippen LogP contribution in [-0.2, 0) is 4.79 Å². The number of thioether (sulfide) groups is 1. The van der Waals surface area contributed by atoms with Gasteiger partial charge in [0, 0.05) is 11.3 Å². The van der Waals surface area contributed by atoms with E-state index in [0.717, 1.165) is 12.2 Å². The van der Waals surface area contributed by atoms with Gasteiger partial charge in [0.1, 0.15) is 5.54 Å². The molecule has 1 rings (SSSR count). The Morgan fingerprint density at radius 3 is 2.50 bits per heavy atom. The minimum Gasteiger partial charge on any atom is -0.480 e. The number of likely N-dealkylation sites (N-methyl/N-ethyl adjacent to an activating group) is 1. The molecule has 4 heteroatoms. The predicted octanol–water partition coefficient (Wildman–Crippen LogP) is 1.68. The molecule has 0 saturated carbocycles. The Kier molecular flexibility index (Phi) is 3.48. The number of rotatable bonds is 3. The van der Waals surface area contributed by atoms with Gasteiger partial charge in [0.2, 0.25) is 0 Å². The van der Waals surface area contributed by atoms with Gasteiger partial charge in [-0.05, 0) is 33.1 Å². The highest BCUT2D eigenvalue weighted by Gasteiger charge is 2.39. The van der Waals surface area contributed by atoms with Crippen LogP contribution < -0.4 is 0 Å². The second-order valence-corrected chi connectivity index (χ2v) is 5.89. The molecular formula is C10H19NO2S. The van der Waals surface area contributed by atoms with Gasteiger partial charge in [-0.3, -0.25) is 9.69 Å². The topological polar surface area (TPSA) is 40.5 Å². The second kappa shape index (κ2) is 4.11. The number of carboxylic acids is 1. The second-order valence-electron chi connectivity index (χ2n) is 4.41. The number of aliphatic carboxylic acids is 1. The summed E-state index contributed by atoms with van der Waals surface area (Å²) < 4.78 is 0. The van der Waals surface area contributed by atoms with Gasteiger partial charge < -0.3 is 5.11 Å². The quantitative estimate of drug-likeness (QED) is 0.781. The molecule has 82 valence electrons. The molecule has 1 fully saturated rings. The van der Waals surface area contributed by atoms with Crippen LogP contribution >= 0.6 is 11.8 Å². The van der Waals surface area contributed by atoms with E-state index in [2.05, 4.69) is 6.92 Å². The minimum atomic E-state index is -0.760. The number of carbonyl (C=O) groups is 1. The number of hydrogen-bond acceptors (Lipinski definition) is 3. The lowest BCUT2D eigenvalue weighted by Crippen LogP contribution is -2.54. The molecule has 0 radical (unpaired) electrons. The lowest BCUT2D eigenvalue weighted by atomic mass is 9.99. The highest BCUT2D eigenvalue weighted by molar-refractivity contribution is 8.00. The fourth-order valence-electron chi connectivity index (χ4n) is 1.79. The van der Waals surface area contributed by atoms with Gasteiger partial charge in [0.15, 0.2) is 0 Å². The average Bonchev–Trinajstić information content (AvgIpc) is 2.49. The Labute approximate surface area is 89.9 Å². The molecule has 0 aromatic carbocycles. The van der Waals surface area contributed by atoms with E-state index in [1.165, 1.54) is 0 Å². The maximum absolute atomic E-state index is 11.1. The van der Waals surface area contributed by atoms with Crippen LogP contribution in [0.3, 0.4) is 0 Å². The molecule has 14 heavy (non-hydrogen) atoms. The predicted molar refractivity (Wildman–Crippen MR) is 59.8 cm³/mol. The average molecular weight is 217 g/mol. The first-order valence-corrected chi connectivity index (χ1v) is 6.00.